The van der Waals surface area contributed by atoms with Gasteiger partial charge < -0.3 is 4.74 Å². The summed E-state index contributed by atoms with van der Waals surface area (Å²) in [5.74, 6) is -0.237. The Hall–Kier alpha value is -2.43. The first kappa shape index (κ1) is 21.8. The summed E-state index contributed by atoms with van der Waals surface area (Å²) in [6.45, 7) is 5.88. The van der Waals surface area contributed by atoms with Crippen molar-refractivity contribution in [2.75, 3.05) is 13.7 Å². The van der Waals surface area contributed by atoms with Crippen molar-refractivity contribution in [1.82, 2.24) is 0 Å². The number of fused-ring (bicyclic) bond motifs is 2. The molecule has 0 spiro atoms. The molecule has 4 heteroatoms. The fourth-order valence-electron chi connectivity index (χ4n) is 4.69. The molecule has 0 unspecified atom stereocenters. The number of sulfone groups is 1. The minimum Gasteiger partial charge on any atom is -0.384 e. The average molecular weight is 435 g/mol. The third kappa shape index (κ3) is 3.72. The highest BCUT2D eigenvalue weighted by Crippen LogP contribution is 2.55. The van der Waals surface area contributed by atoms with Crippen LogP contribution in [0.3, 0.4) is 0 Å². The van der Waals surface area contributed by atoms with Crippen LogP contribution >= 0.6 is 0 Å². The quantitative estimate of drug-likeness (QED) is 0.539. The van der Waals surface area contributed by atoms with Gasteiger partial charge in [-0.2, -0.15) is 0 Å². The third-order valence-electron chi connectivity index (χ3n) is 6.23. The highest BCUT2D eigenvalue weighted by atomic mass is 32.2. The second kappa shape index (κ2) is 8.25. The van der Waals surface area contributed by atoms with Crippen molar-refractivity contribution in [3.05, 3.63) is 100.0 Å². The Balaban J connectivity index is 1.97. The molecule has 2 bridgehead atoms. The van der Waals surface area contributed by atoms with Crippen LogP contribution < -0.4 is 0 Å². The number of allylic oxidation sites excluding steroid dienone is 4. The van der Waals surface area contributed by atoms with E-state index in [2.05, 4.69) is 36.4 Å². The van der Waals surface area contributed by atoms with Gasteiger partial charge in [-0.1, -0.05) is 72.8 Å². The molecule has 0 radical (unpaired) electrons. The molecule has 31 heavy (non-hydrogen) atoms. The zero-order valence-electron chi connectivity index (χ0n) is 18.6. The first-order valence-corrected chi connectivity index (χ1v) is 12.3. The van der Waals surface area contributed by atoms with E-state index in [1.165, 1.54) is 5.57 Å². The molecular formula is C27H30O3S. The monoisotopic (exact) mass is 434 g/mol. The van der Waals surface area contributed by atoms with E-state index in [9.17, 15) is 8.42 Å². The summed E-state index contributed by atoms with van der Waals surface area (Å²) in [6.07, 6.45) is 4.88. The van der Waals surface area contributed by atoms with Crippen molar-refractivity contribution >= 4 is 15.4 Å². The van der Waals surface area contributed by atoms with Crippen molar-refractivity contribution < 1.29 is 13.2 Å². The fourth-order valence-corrected chi connectivity index (χ4v) is 6.46. The molecule has 2 aromatic rings. The maximum Gasteiger partial charge on any atom is 0.180 e. The summed E-state index contributed by atoms with van der Waals surface area (Å²) in [7, 11) is -1.81. The summed E-state index contributed by atoms with van der Waals surface area (Å²) in [5, 5.41) is 0. The van der Waals surface area contributed by atoms with Crippen molar-refractivity contribution in [3.8, 4) is 0 Å². The summed E-state index contributed by atoms with van der Waals surface area (Å²) in [5.41, 5.74) is 5.52. The highest BCUT2D eigenvalue weighted by Gasteiger charge is 2.49. The first-order valence-electron chi connectivity index (χ1n) is 10.8. The van der Waals surface area contributed by atoms with E-state index in [-0.39, 0.29) is 11.8 Å². The van der Waals surface area contributed by atoms with E-state index < -0.39 is 14.6 Å². The Morgan fingerprint density at radius 1 is 0.871 bits per heavy atom. The van der Waals surface area contributed by atoms with Crippen LogP contribution in [0.2, 0.25) is 0 Å². The standard InChI is InChI=1S/C27H30O3S/c1-27(2,3)31(28,29)26-22(17-18-30-4)21-15-16-23(26)25(21)24(19-11-7-5-8-12-19)20-13-9-6-10-14-20/h5-16,21,23H,17-18H2,1-4H3/t21-,23-/m1/s1. The summed E-state index contributed by atoms with van der Waals surface area (Å²) >= 11 is 0. The zero-order valence-corrected chi connectivity index (χ0v) is 19.4. The smallest absolute Gasteiger partial charge is 0.180 e. The second-order valence-corrected chi connectivity index (χ2v) is 11.8. The van der Waals surface area contributed by atoms with E-state index in [1.54, 1.807) is 27.9 Å². The molecule has 0 saturated carbocycles. The van der Waals surface area contributed by atoms with Crippen LogP contribution in [0, 0.1) is 11.8 Å². The first-order chi connectivity index (χ1) is 14.8. The lowest BCUT2D eigenvalue weighted by Gasteiger charge is -2.25. The molecule has 4 rings (SSSR count). The van der Waals surface area contributed by atoms with Gasteiger partial charge in [0, 0.05) is 25.6 Å². The fraction of sp³-hybridized carbons (Fsp3) is 0.333. The van der Waals surface area contributed by atoms with Crippen LogP contribution in [0.1, 0.15) is 38.3 Å². The van der Waals surface area contributed by atoms with Gasteiger partial charge in [0.25, 0.3) is 0 Å². The molecule has 2 aliphatic carbocycles. The van der Waals surface area contributed by atoms with E-state index in [0.29, 0.717) is 17.9 Å². The normalized spacial score (nSPS) is 20.6. The SMILES string of the molecule is COCCC1=C(S(=O)(=O)C(C)(C)C)[C@@H]2C=C[C@H]1C2=C(c1ccccc1)c1ccccc1. The van der Waals surface area contributed by atoms with Crippen molar-refractivity contribution in [3.63, 3.8) is 0 Å². The molecule has 0 fully saturated rings. The molecule has 0 saturated heterocycles. The van der Waals surface area contributed by atoms with Crippen LogP contribution in [0.5, 0.6) is 0 Å². The summed E-state index contributed by atoms with van der Waals surface area (Å²) in [4.78, 5) is 0.587. The van der Waals surface area contributed by atoms with Crippen molar-refractivity contribution in [2.45, 2.75) is 31.9 Å². The van der Waals surface area contributed by atoms with Gasteiger partial charge in [-0.15, -0.1) is 0 Å². The minimum atomic E-state index is -3.48. The molecule has 0 amide bonds. The molecule has 0 aliphatic heterocycles. The van der Waals surface area contributed by atoms with E-state index >= 15 is 0 Å². The molecule has 162 valence electrons. The van der Waals surface area contributed by atoms with Gasteiger partial charge in [0.05, 0.1) is 9.65 Å². The van der Waals surface area contributed by atoms with Crippen LogP contribution in [0.15, 0.2) is 88.9 Å². The Morgan fingerprint density at radius 2 is 1.39 bits per heavy atom. The summed E-state index contributed by atoms with van der Waals surface area (Å²) in [6, 6.07) is 20.6. The van der Waals surface area contributed by atoms with Crippen molar-refractivity contribution in [2.24, 2.45) is 11.8 Å². The number of benzene rings is 2. The van der Waals surface area contributed by atoms with Crippen LogP contribution in [0.4, 0.5) is 0 Å². The maximum absolute atomic E-state index is 13.7. The molecule has 0 aromatic heterocycles. The molecule has 2 aromatic carbocycles. The van der Waals surface area contributed by atoms with Gasteiger partial charge in [-0.05, 0) is 55.0 Å². The van der Waals surface area contributed by atoms with E-state index in [4.69, 9.17) is 4.74 Å². The molecule has 3 nitrogen and oxygen atoms in total. The van der Waals surface area contributed by atoms with Crippen molar-refractivity contribution in [1.29, 1.82) is 0 Å². The highest BCUT2D eigenvalue weighted by molar-refractivity contribution is 7.96. The largest absolute Gasteiger partial charge is 0.384 e. The maximum atomic E-state index is 13.7. The molecule has 2 atom stereocenters. The van der Waals surface area contributed by atoms with Crippen LogP contribution in [0.25, 0.3) is 5.57 Å². The van der Waals surface area contributed by atoms with Gasteiger partial charge in [-0.25, -0.2) is 8.42 Å². The van der Waals surface area contributed by atoms with Gasteiger partial charge >= 0.3 is 0 Å². The van der Waals surface area contributed by atoms with E-state index in [1.807, 2.05) is 36.4 Å². The molecule has 2 aliphatic rings. The number of ether oxygens (including phenoxy) is 1. The van der Waals surface area contributed by atoms with Gasteiger partial charge in [0.1, 0.15) is 0 Å². The number of hydrogen-bond donors (Lipinski definition) is 0. The summed E-state index contributed by atoms with van der Waals surface area (Å²) < 4.78 is 31.9. The molecule has 0 N–H and O–H groups in total. The number of rotatable bonds is 6. The van der Waals surface area contributed by atoms with E-state index in [0.717, 1.165) is 22.3 Å². The Morgan fingerprint density at radius 3 is 1.87 bits per heavy atom. The zero-order chi connectivity index (χ0) is 22.2. The number of hydrogen-bond acceptors (Lipinski definition) is 3. The minimum absolute atomic E-state index is 0.0114. The predicted molar refractivity (Wildman–Crippen MR) is 127 cm³/mol. The van der Waals surface area contributed by atoms with Gasteiger partial charge in [-0.3, -0.25) is 0 Å². The lowest BCUT2D eigenvalue weighted by atomic mass is 9.86. The third-order valence-corrected chi connectivity index (χ3v) is 8.93. The average Bonchev–Trinajstić information content (AvgIpc) is 3.29. The Bertz CT molecular complexity index is 1110. The lowest BCUT2D eigenvalue weighted by molar-refractivity contribution is 0.201. The van der Waals surface area contributed by atoms with Gasteiger partial charge in [0.15, 0.2) is 9.84 Å². The van der Waals surface area contributed by atoms with Crippen LogP contribution in [-0.2, 0) is 14.6 Å². The Kier molecular flexibility index (Phi) is 5.80. The predicted octanol–water partition coefficient (Wildman–Crippen LogP) is 5.81. The molecule has 0 heterocycles. The number of methoxy groups -OCH3 is 1. The van der Waals surface area contributed by atoms with Crippen LogP contribution in [-0.4, -0.2) is 26.9 Å². The Labute approximate surface area is 186 Å². The molecular weight excluding hydrogens is 404 g/mol. The lowest BCUT2D eigenvalue weighted by Crippen LogP contribution is -2.31. The topological polar surface area (TPSA) is 43.4 Å². The second-order valence-electron chi connectivity index (χ2n) is 9.15. The van der Waals surface area contributed by atoms with Gasteiger partial charge in [0.2, 0.25) is 0 Å².